The van der Waals surface area contributed by atoms with E-state index in [1.807, 2.05) is 30.3 Å². The lowest BCUT2D eigenvalue weighted by atomic mass is 9.63. The van der Waals surface area contributed by atoms with E-state index in [0.29, 0.717) is 12.8 Å². The minimum atomic E-state index is -3.10. The molecule has 1 N–H and O–H groups in total. The van der Waals surface area contributed by atoms with Gasteiger partial charge in [-0.2, -0.15) is 0 Å². The molecule has 0 bridgehead atoms. The van der Waals surface area contributed by atoms with Crippen molar-refractivity contribution in [2.75, 3.05) is 11.5 Å². The van der Waals surface area contributed by atoms with Crippen LogP contribution in [0.4, 0.5) is 0 Å². The molecule has 1 aromatic carbocycles. The summed E-state index contributed by atoms with van der Waals surface area (Å²) in [5.74, 6) is -0.996. The summed E-state index contributed by atoms with van der Waals surface area (Å²) in [6, 6.07) is 9.80. The van der Waals surface area contributed by atoms with Gasteiger partial charge < -0.3 is 9.84 Å². The van der Waals surface area contributed by atoms with Gasteiger partial charge in [0.25, 0.3) is 0 Å². The molecule has 0 unspecified atom stereocenters. The van der Waals surface area contributed by atoms with Gasteiger partial charge >= 0.3 is 0 Å². The second kappa shape index (κ2) is 5.73. The van der Waals surface area contributed by atoms with Crippen LogP contribution >= 0.6 is 11.6 Å². The molecule has 1 saturated heterocycles. The molecule has 2 fully saturated rings. The Morgan fingerprint density at radius 2 is 1.96 bits per heavy atom. The second-order valence-corrected chi connectivity index (χ2v) is 10.0. The summed E-state index contributed by atoms with van der Waals surface area (Å²) in [5.41, 5.74) is 0.602. The van der Waals surface area contributed by atoms with Gasteiger partial charge in [-0.15, -0.1) is 11.6 Å². The SMILES string of the molecule is CC(C)(O)O[C@H]1C[C@H]2CS(=O)(=O)C[C@@]2(c2ccccc2)C[C@H]1Cl. The molecule has 2 aliphatic rings. The first-order valence-corrected chi connectivity index (χ1v) is 10.2. The van der Waals surface area contributed by atoms with Gasteiger partial charge in [0.2, 0.25) is 0 Å². The predicted octanol–water partition coefficient (Wildman–Crippen LogP) is 2.48. The van der Waals surface area contributed by atoms with Crippen LogP contribution in [-0.2, 0) is 20.0 Å². The van der Waals surface area contributed by atoms with Crippen LogP contribution in [0.5, 0.6) is 0 Å². The number of benzene rings is 1. The predicted molar refractivity (Wildman–Crippen MR) is 90.3 cm³/mol. The maximum absolute atomic E-state index is 12.3. The quantitative estimate of drug-likeness (QED) is 0.666. The van der Waals surface area contributed by atoms with Gasteiger partial charge in [-0.3, -0.25) is 0 Å². The molecule has 4 atom stereocenters. The first kappa shape index (κ1) is 17.2. The average molecular weight is 359 g/mol. The third-order valence-corrected chi connectivity index (χ3v) is 7.28. The zero-order chi connectivity index (χ0) is 16.9. The van der Waals surface area contributed by atoms with Gasteiger partial charge in [0.15, 0.2) is 15.6 Å². The number of alkyl halides is 1. The molecule has 1 heterocycles. The highest BCUT2D eigenvalue weighted by Crippen LogP contribution is 2.51. The Labute approximate surface area is 142 Å². The highest BCUT2D eigenvalue weighted by atomic mass is 35.5. The number of hydrogen-bond acceptors (Lipinski definition) is 4. The molecule has 23 heavy (non-hydrogen) atoms. The number of hydrogen-bond donors (Lipinski definition) is 1. The van der Waals surface area contributed by atoms with Crippen LogP contribution in [0.2, 0.25) is 0 Å². The summed E-state index contributed by atoms with van der Waals surface area (Å²) in [4.78, 5) is 0. The standard InChI is InChI=1S/C17H23ClO4S/c1-16(2,19)22-15-8-13-10-23(20,21)11-17(13,9-14(15)18)12-6-4-3-5-7-12/h3-7,13-15,19H,8-11H2,1-2H3/t13-,14+,15-,17+/m0/s1. The molecule has 6 heteroatoms. The van der Waals surface area contributed by atoms with E-state index < -0.39 is 21.0 Å². The van der Waals surface area contributed by atoms with Gasteiger partial charge in [-0.25, -0.2) is 8.42 Å². The zero-order valence-corrected chi connectivity index (χ0v) is 15.0. The zero-order valence-electron chi connectivity index (χ0n) is 13.4. The number of halogens is 1. The topological polar surface area (TPSA) is 63.6 Å². The average Bonchev–Trinajstić information content (AvgIpc) is 2.69. The molecule has 3 rings (SSSR count). The van der Waals surface area contributed by atoms with Gasteiger partial charge in [0, 0.05) is 5.41 Å². The number of sulfone groups is 1. The van der Waals surface area contributed by atoms with E-state index in [1.165, 1.54) is 0 Å². The van der Waals surface area contributed by atoms with E-state index in [2.05, 4.69) is 0 Å². The van der Waals surface area contributed by atoms with Crippen molar-refractivity contribution < 1.29 is 18.3 Å². The van der Waals surface area contributed by atoms with E-state index in [0.717, 1.165) is 5.56 Å². The Balaban J connectivity index is 1.96. The van der Waals surface area contributed by atoms with Gasteiger partial charge in [-0.1, -0.05) is 30.3 Å². The van der Waals surface area contributed by atoms with Crippen molar-refractivity contribution >= 4 is 21.4 Å². The summed E-state index contributed by atoms with van der Waals surface area (Å²) in [7, 11) is -3.10. The Bertz CT molecular complexity index is 668. The Kier molecular flexibility index (Phi) is 4.28. The Hall–Kier alpha value is -0.620. The van der Waals surface area contributed by atoms with Gasteiger partial charge in [0.1, 0.15) is 0 Å². The van der Waals surface area contributed by atoms with E-state index in [1.54, 1.807) is 13.8 Å². The maximum Gasteiger partial charge on any atom is 0.160 e. The Morgan fingerprint density at radius 1 is 1.30 bits per heavy atom. The first-order valence-electron chi connectivity index (χ1n) is 7.92. The molecule has 1 aliphatic carbocycles. The van der Waals surface area contributed by atoms with Crippen molar-refractivity contribution in [3.8, 4) is 0 Å². The van der Waals surface area contributed by atoms with Crippen LogP contribution in [-0.4, -0.2) is 42.3 Å². The highest BCUT2D eigenvalue weighted by molar-refractivity contribution is 7.91. The Morgan fingerprint density at radius 3 is 2.57 bits per heavy atom. The van der Waals surface area contributed by atoms with Crippen LogP contribution in [0.3, 0.4) is 0 Å². The smallest absolute Gasteiger partial charge is 0.160 e. The number of fused-ring (bicyclic) bond motifs is 1. The van der Waals surface area contributed by atoms with Crippen molar-refractivity contribution in [1.29, 1.82) is 0 Å². The van der Waals surface area contributed by atoms with E-state index in [9.17, 15) is 13.5 Å². The molecule has 0 amide bonds. The fourth-order valence-corrected chi connectivity index (χ4v) is 7.08. The largest absolute Gasteiger partial charge is 0.366 e. The fourth-order valence-electron chi connectivity index (χ4n) is 4.16. The normalized spacial score (nSPS) is 36.6. The van der Waals surface area contributed by atoms with Crippen molar-refractivity contribution in [3.63, 3.8) is 0 Å². The molecule has 4 nitrogen and oxygen atoms in total. The number of rotatable bonds is 3. The van der Waals surface area contributed by atoms with Crippen molar-refractivity contribution in [2.24, 2.45) is 5.92 Å². The summed E-state index contributed by atoms with van der Waals surface area (Å²) in [6.45, 7) is 3.14. The molecule has 1 saturated carbocycles. The first-order chi connectivity index (χ1) is 10.6. The molecule has 0 spiro atoms. The van der Waals surface area contributed by atoms with Gasteiger partial charge in [0.05, 0.1) is 23.0 Å². The van der Waals surface area contributed by atoms with Crippen LogP contribution in [0, 0.1) is 5.92 Å². The monoisotopic (exact) mass is 358 g/mol. The molecule has 1 aromatic rings. The fraction of sp³-hybridized carbons (Fsp3) is 0.647. The third kappa shape index (κ3) is 3.43. The highest BCUT2D eigenvalue weighted by Gasteiger charge is 2.56. The molecular formula is C17H23ClO4S. The van der Waals surface area contributed by atoms with Gasteiger partial charge in [-0.05, 0) is 38.2 Å². The van der Waals surface area contributed by atoms with Crippen LogP contribution < -0.4 is 0 Å². The van der Waals surface area contributed by atoms with Crippen molar-refractivity contribution in [1.82, 2.24) is 0 Å². The minimum Gasteiger partial charge on any atom is -0.366 e. The minimum absolute atomic E-state index is 0.0303. The van der Waals surface area contributed by atoms with E-state index in [4.69, 9.17) is 16.3 Å². The summed E-state index contributed by atoms with van der Waals surface area (Å²) in [5, 5.41) is 9.59. The summed E-state index contributed by atoms with van der Waals surface area (Å²) in [6.07, 6.45) is 0.752. The van der Waals surface area contributed by atoms with E-state index in [-0.39, 0.29) is 28.9 Å². The molecule has 128 valence electrons. The van der Waals surface area contributed by atoms with Crippen molar-refractivity contribution in [3.05, 3.63) is 35.9 Å². The van der Waals surface area contributed by atoms with Crippen LogP contribution in [0.15, 0.2) is 30.3 Å². The third-order valence-electron chi connectivity index (χ3n) is 4.98. The molecule has 0 radical (unpaired) electrons. The number of ether oxygens (including phenoxy) is 1. The molecule has 0 aromatic heterocycles. The van der Waals surface area contributed by atoms with E-state index >= 15 is 0 Å². The lowest BCUT2D eigenvalue weighted by Crippen LogP contribution is -2.49. The second-order valence-electron chi connectivity index (χ2n) is 7.33. The summed E-state index contributed by atoms with van der Waals surface area (Å²) >= 11 is 6.56. The molecule has 1 aliphatic heterocycles. The molecular weight excluding hydrogens is 336 g/mol. The maximum atomic E-state index is 12.3. The van der Waals surface area contributed by atoms with Crippen LogP contribution in [0.1, 0.15) is 32.3 Å². The number of aliphatic hydroxyl groups is 1. The lowest BCUT2D eigenvalue weighted by molar-refractivity contribution is -0.214. The van der Waals surface area contributed by atoms with Crippen LogP contribution in [0.25, 0.3) is 0 Å². The summed E-state index contributed by atoms with van der Waals surface area (Å²) < 4.78 is 30.4. The lowest BCUT2D eigenvalue weighted by Gasteiger charge is -2.45. The van der Waals surface area contributed by atoms with Crippen molar-refractivity contribution in [2.45, 2.75) is 49.4 Å².